The van der Waals surface area contributed by atoms with Crippen LogP contribution in [0.2, 0.25) is 0 Å². The van der Waals surface area contributed by atoms with Crippen LogP contribution < -0.4 is 5.32 Å². The Morgan fingerprint density at radius 3 is 2.17 bits per heavy atom. The Bertz CT molecular complexity index is 318. The van der Waals surface area contributed by atoms with Crippen molar-refractivity contribution in [2.45, 2.75) is 52.5 Å². The van der Waals surface area contributed by atoms with Crippen LogP contribution in [-0.4, -0.2) is 44.2 Å². The summed E-state index contributed by atoms with van der Waals surface area (Å²) < 4.78 is 25.1. The maximum absolute atomic E-state index is 11.7. The van der Waals surface area contributed by atoms with E-state index in [9.17, 15) is 8.42 Å². The first-order chi connectivity index (χ1) is 8.53. The monoisotopic (exact) mass is 276 g/mol. The molecule has 18 heavy (non-hydrogen) atoms. The van der Waals surface area contributed by atoms with E-state index < -0.39 is 10.0 Å². The molecule has 4 nitrogen and oxygen atoms in total. The van der Waals surface area contributed by atoms with Crippen LogP contribution in [0.25, 0.3) is 0 Å². The van der Waals surface area contributed by atoms with Crippen LogP contribution in [0.1, 0.15) is 46.5 Å². The van der Waals surface area contributed by atoms with E-state index in [0.29, 0.717) is 19.1 Å². The molecule has 108 valence electrons. The minimum absolute atomic E-state index is 0.221. The van der Waals surface area contributed by atoms with Gasteiger partial charge in [0.25, 0.3) is 0 Å². The molecule has 0 aromatic rings. The highest BCUT2D eigenvalue weighted by atomic mass is 32.2. The van der Waals surface area contributed by atoms with Crippen molar-refractivity contribution in [2.75, 3.05) is 25.4 Å². The summed E-state index contributed by atoms with van der Waals surface area (Å²) in [4.78, 5) is 0. The second kappa shape index (κ2) is 7.46. The highest BCUT2D eigenvalue weighted by Gasteiger charge is 2.26. The van der Waals surface area contributed by atoms with Crippen molar-refractivity contribution in [3.63, 3.8) is 0 Å². The molecule has 0 bridgehead atoms. The second-order valence-corrected chi connectivity index (χ2v) is 7.42. The molecule has 5 heteroatoms. The summed E-state index contributed by atoms with van der Waals surface area (Å²) in [5, 5.41) is 3.59. The number of hydrogen-bond acceptors (Lipinski definition) is 3. The molecule has 1 rings (SSSR count). The molecule has 1 aliphatic rings. The molecule has 0 aliphatic carbocycles. The van der Waals surface area contributed by atoms with E-state index in [1.807, 2.05) is 0 Å². The number of nitrogens with one attached hydrogen (secondary N) is 1. The van der Waals surface area contributed by atoms with Gasteiger partial charge in [-0.2, -0.15) is 0 Å². The summed E-state index contributed by atoms with van der Waals surface area (Å²) in [5.74, 6) is 0.973. The third-order valence-electron chi connectivity index (χ3n) is 4.06. The third-order valence-corrected chi connectivity index (χ3v) is 5.94. The van der Waals surface area contributed by atoms with E-state index in [2.05, 4.69) is 19.2 Å². The first-order valence-electron chi connectivity index (χ1n) is 7.24. The van der Waals surface area contributed by atoms with E-state index >= 15 is 0 Å². The summed E-state index contributed by atoms with van der Waals surface area (Å²) >= 11 is 0. The molecular weight excluding hydrogens is 248 g/mol. The van der Waals surface area contributed by atoms with Crippen LogP contribution in [0.15, 0.2) is 0 Å². The molecule has 0 unspecified atom stereocenters. The van der Waals surface area contributed by atoms with Crippen LogP contribution in [0.3, 0.4) is 0 Å². The lowest BCUT2D eigenvalue weighted by atomic mass is 10.0. The summed E-state index contributed by atoms with van der Waals surface area (Å²) in [6, 6.07) is 0.494. The lowest BCUT2D eigenvalue weighted by Crippen LogP contribution is -2.46. The Hall–Kier alpha value is -0.130. The molecule has 1 saturated heterocycles. The van der Waals surface area contributed by atoms with Crippen molar-refractivity contribution in [3.8, 4) is 0 Å². The van der Waals surface area contributed by atoms with Gasteiger partial charge in [0.15, 0.2) is 0 Å². The van der Waals surface area contributed by atoms with Crippen molar-refractivity contribution in [1.82, 2.24) is 9.62 Å². The lowest BCUT2D eigenvalue weighted by Gasteiger charge is -2.32. The summed E-state index contributed by atoms with van der Waals surface area (Å²) in [6.07, 6.45) is 4.32. The first-order valence-corrected chi connectivity index (χ1v) is 8.85. The molecule has 1 aliphatic heterocycles. The van der Waals surface area contributed by atoms with Gasteiger partial charge in [0.1, 0.15) is 0 Å². The van der Waals surface area contributed by atoms with Crippen LogP contribution in [-0.2, 0) is 10.0 Å². The largest absolute Gasteiger partial charge is 0.314 e. The Balaban J connectivity index is 2.32. The van der Waals surface area contributed by atoms with Crippen molar-refractivity contribution in [2.24, 2.45) is 5.92 Å². The summed E-state index contributed by atoms with van der Waals surface area (Å²) in [7, 11) is -2.98. The molecule has 1 fully saturated rings. The van der Waals surface area contributed by atoms with Crippen LogP contribution in [0, 0.1) is 5.92 Å². The topological polar surface area (TPSA) is 49.4 Å². The predicted octanol–water partition coefficient (Wildman–Crippen LogP) is 1.83. The molecule has 0 saturated carbocycles. The van der Waals surface area contributed by atoms with Gasteiger partial charge in [-0.25, -0.2) is 12.7 Å². The first kappa shape index (κ1) is 15.9. The quantitative estimate of drug-likeness (QED) is 0.772. The molecular formula is C13H28N2O2S. The van der Waals surface area contributed by atoms with Gasteiger partial charge in [0.2, 0.25) is 10.0 Å². The molecule has 1 N–H and O–H groups in total. The molecule has 0 aromatic carbocycles. The van der Waals surface area contributed by atoms with Crippen LogP contribution in [0.5, 0.6) is 0 Å². The van der Waals surface area contributed by atoms with Gasteiger partial charge >= 0.3 is 0 Å². The summed E-state index contributed by atoms with van der Waals surface area (Å²) in [6.45, 7) is 8.59. The average Bonchev–Trinajstić information content (AvgIpc) is 2.40. The fourth-order valence-electron chi connectivity index (χ4n) is 2.43. The minimum atomic E-state index is -2.98. The predicted molar refractivity (Wildman–Crippen MR) is 76.1 cm³/mol. The molecule has 1 heterocycles. The fourth-order valence-corrected chi connectivity index (χ4v) is 3.56. The van der Waals surface area contributed by atoms with E-state index in [4.69, 9.17) is 0 Å². The smallest absolute Gasteiger partial charge is 0.213 e. The van der Waals surface area contributed by atoms with Crippen molar-refractivity contribution in [3.05, 3.63) is 0 Å². The number of piperidine rings is 1. The average molecular weight is 276 g/mol. The fraction of sp³-hybridized carbons (Fsp3) is 1.00. The SMILES string of the molecule is CCC(CC)CNC1CCN(S(=O)(=O)CC)CC1. The zero-order valence-corrected chi connectivity index (χ0v) is 12.8. The number of nitrogens with zero attached hydrogens (tertiary/aromatic N) is 1. The third kappa shape index (κ3) is 4.52. The van der Waals surface area contributed by atoms with Crippen molar-refractivity contribution < 1.29 is 8.42 Å². The van der Waals surface area contributed by atoms with Gasteiger partial charge in [0.05, 0.1) is 5.75 Å². The lowest BCUT2D eigenvalue weighted by molar-refractivity contribution is 0.278. The van der Waals surface area contributed by atoms with Gasteiger partial charge in [-0.3, -0.25) is 0 Å². The Morgan fingerprint density at radius 2 is 1.72 bits per heavy atom. The van der Waals surface area contributed by atoms with Gasteiger partial charge in [-0.15, -0.1) is 0 Å². The molecule has 0 radical (unpaired) electrons. The normalized spacial score (nSPS) is 19.6. The van der Waals surface area contributed by atoms with Gasteiger partial charge in [-0.1, -0.05) is 26.7 Å². The van der Waals surface area contributed by atoms with Crippen LogP contribution >= 0.6 is 0 Å². The number of hydrogen-bond donors (Lipinski definition) is 1. The zero-order valence-electron chi connectivity index (χ0n) is 12.0. The highest BCUT2D eigenvalue weighted by Crippen LogP contribution is 2.15. The minimum Gasteiger partial charge on any atom is -0.314 e. The van der Waals surface area contributed by atoms with E-state index in [0.717, 1.165) is 25.3 Å². The van der Waals surface area contributed by atoms with Crippen molar-refractivity contribution in [1.29, 1.82) is 0 Å². The maximum Gasteiger partial charge on any atom is 0.213 e. The van der Waals surface area contributed by atoms with Gasteiger partial charge < -0.3 is 5.32 Å². The molecule has 0 atom stereocenters. The number of rotatable bonds is 7. The Kier molecular flexibility index (Phi) is 6.60. The number of sulfonamides is 1. The van der Waals surface area contributed by atoms with E-state index in [1.54, 1.807) is 11.2 Å². The molecule has 0 spiro atoms. The molecule has 0 amide bonds. The Morgan fingerprint density at radius 1 is 1.17 bits per heavy atom. The van der Waals surface area contributed by atoms with E-state index in [-0.39, 0.29) is 5.75 Å². The van der Waals surface area contributed by atoms with Gasteiger partial charge in [-0.05, 0) is 32.2 Å². The maximum atomic E-state index is 11.7. The van der Waals surface area contributed by atoms with Gasteiger partial charge in [0, 0.05) is 19.1 Å². The van der Waals surface area contributed by atoms with Crippen LogP contribution in [0.4, 0.5) is 0 Å². The standard InChI is InChI=1S/C13H28N2O2S/c1-4-12(5-2)11-14-13-7-9-15(10-8-13)18(16,17)6-3/h12-14H,4-11H2,1-3H3. The zero-order chi connectivity index (χ0) is 13.6. The van der Waals surface area contributed by atoms with Crippen molar-refractivity contribution >= 4 is 10.0 Å². The Labute approximate surface area is 112 Å². The summed E-state index contributed by atoms with van der Waals surface area (Å²) in [5.41, 5.74) is 0. The highest BCUT2D eigenvalue weighted by molar-refractivity contribution is 7.89. The second-order valence-electron chi connectivity index (χ2n) is 5.16. The molecule has 0 aromatic heterocycles. The van der Waals surface area contributed by atoms with E-state index in [1.165, 1.54) is 12.8 Å².